The minimum atomic E-state index is 0.0545. The van der Waals surface area contributed by atoms with Crippen LogP contribution >= 0.6 is 0 Å². The first-order chi connectivity index (χ1) is 5.86. The standard InChI is InChI=1S/C10H9NO/c12-10-9(7-11-10)6-8-4-2-1-3-5-8/h1-6H,7H2,(H,11,12)/b9-6+. The highest BCUT2D eigenvalue weighted by Gasteiger charge is 2.18. The Labute approximate surface area is 70.9 Å². The maximum Gasteiger partial charge on any atom is 0.249 e. The first-order valence-electron chi connectivity index (χ1n) is 3.90. The van der Waals surface area contributed by atoms with Crippen LogP contribution in [0.5, 0.6) is 0 Å². The van der Waals surface area contributed by atoms with Crippen molar-refractivity contribution in [2.24, 2.45) is 0 Å². The minimum absolute atomic E-state index is 0.0545. The zero-order chi connectivity index (χ0) is 8.39. The van der Waals surface area contributed by atoms with Gasteiger partial charge in [-0.3, -0.25) is 4.79 Å². The van der Waals surface area contributed by atoms with E-state index < -0.39 is 0 Å². The van der Waals surface area contributed by atoms with Gasteiger partial charge >= 0.3 is 0 Å². The molecule has 0 aromatic heterocycles. The first-order valence-corrected chi connectivity index (χ1v) is 3.90. The maximum atomic E-state index is 10.9. The van der Waals surface area contributed by atoms with Crippen molar-refractivity contribution in [3.8, 4) is 0 Å². The zero-order valence-electron chi connectivity index (χ0n) is 6.58. The molecule has 12 heavy (non-hydrogen) atoms. The number of hydrogen-bond donors (Lipinski definition) is 1. The third-order valence-corrected chi connectivity index (χ3v) is 1.87. The molecule has 1 amide bonds. The van der Waals surface area contributed by atoms with E-state index in [0.29, 0.717) is 6.54 Å². The molecule has 0 spiro atoms. The van der Waals surface area contributed by atoms with Crippen LogP contribution in [0.25, 0.3) is 6.08 Å². The summed E-state index contributed by atoms with van der Waals surface area (Å²) in [5, 5.41) is 2.67. The number of carbonyl (C=O) groups excluding carboxylic acids is 1. The summed E-state index contributed by atoms with van der Waals surface area (Å²) in [4.78, 5) is 10.9. The van der Waals surface area contributed by atoms with Crippen LogP contribution in [0.15, 0.2) is 35.9 Å². The third-order valence-electron chi connectivity index (χ3n) is 1.87. The van der Waals surface area contributed by atoms with E-state index in [1.54, 1.807) is 0 Å². The van der Waals surface area contributed by atoms with Gasteiger partial charge in [0.1, 0.15) is 0 Å². The van der Waals surface area contributed by atoms with Gasteiger partial charge in [-0.15, -0.1) is 0 Å². The zero-order valence-corrected chi connectivity index (χ0v) is 6.58. The Morgan fingerprint density at radius 2 is 2.00 bits per heavy atom. The number of amides is 1. The van der Waals surface area contributed by atoms with E-state index in [9.17, 15) is 4.79 Å². The van der Waals surface area contributed by atoms with Crippen molar-refractivity contribution in [1.29, 1.82) is 0 Å². The number of β-lactam (4-membered cyclic amide) rings is 1. The molecule has 0 aliphatic carbocycles. The smallest absolute Gasteiger partial charge is 0.249 e. The van der Waals surface area contributed by atoms with Crippen LogP contribution in [0.1, 0.15) is 5.56 Å². The molecule has 0 saturated carbocycles. The molecule has 0 unspecified atom stereocenters. The van der Waals surface area contributed by atoms with Crippen LogP contribution in [0.2, 0.25) is 0 Å². The summed E-state index contributed by atoms with van der Waals surface area (Å²) >= 11 is 0. The Bertz CT molecular complexity index is 327. The fourth-order valence-corrected chi connectivity index (χ4v) is 1.13. The van der Waals surface area contributed by atoms with Gasteiger partial charge in [0.25, 0.3) is 0 Å². The summed E-state index contributed by atoms with van der Waals surface area (Å²) in [6, 6.07) is 9.85. The van der Waals surface area contributed by atoms with Gasteiger partial charge in [-0.25, -0.2) is 0 Å². The molecule has 1 aliphatic rings. The predicted octanol–water partition coefficient (Wildman–Crippen LogP) is 1.20. The SMILES string of the molecule is O=C1NC/C1=C\c1ccccc1. The molecule has 1 aromatic rings. The minimum Gasteiger partial charge on any atom is -0.348 e. The molecule has 2 nitrogen and oxygen atoms in total. The van der Waals surface area contributed by atoms with Gasteiger partial charge in [0.2, 0.25) is 5.91 Å². The molecular formula is C10H9NO. The topological polar surface area (TPSA) is 29.1 Å². The second-order valence-electron chi connectivity index (χ2n) is 2.76. The van der Waals surface area contributed by atoms with Crippen molar-refractivity contribution >= 4 is 12.0 Å². The molecule has 1 N–H and O–H groups in total. The highest BCUT2D eigenvalue weighted by molar-refractivity contribution is 6.04. The van der Waals surface area contributed by atoms with Crippen molar-refractivity contribution in [2.45, 2.75) is 0 Å². The highest BCUT2D eigenvalue weighted by Crippen LogP contribution is 2.10. The van der Waals surface area contributed by atoms with Crippen LogP contribution in [0.4, 0.5) is 0 Å². The van der Waals surface area contributed by atoms with Gasteiger partial charge in [-0.1, -0.05) is 30.3 Å². The number of nitrogens with one attached hydrogen (secondary N) is 1. The lowest BCUT2D eigenvalue weighted by Gasteiger charge is -2.17. The van der Waals surface area contributed by atoms with Crippen molar-refractivity contribution in [2.75, 3.05) is 6.54 Å². The fraction of sp³-hybridized carbons (Fsp3) is 0.100. The van der Waals surface area contributed by atoms with Crippen molar-refractivity contribution in [3.63, 3.8) is 0 Å². The van der Waals surface area contributed by atoms with Crippen LogP contribution in [0, 0.1) is 0 Å². The van der Waals surface area contributed by atoms with Crippen LogP contribution in [-0.4, -0.2) is 12.5 Å². The van der Waals surface area contributed by atoms with Gasteiger partial charge in [0.15, 0.2) is 0 Å². The Hall–Kier alpha value is -1.57. The van der Waals surface area contributed by atoms with Gasteiger partial charge < -0.3 is 5.32 Å². The van der Waals surface area contributed by atoms with E-state index >= 15 is 0 Å². The number of hydrogen-bond acceptors (Lipinski definition) is 1. The molecule has 1 aromatic carbocycles. The Balaban J connectivity index is 2.23. The second kappa shape index (κ2) is 2.81. The van der Waals surface area contributed by atoms with Gasteiger partial charge in [-0.2, -0.15) is 0 Å². The van der Waals surface area contributed by atoms with Crippen molar-refractivity contribution in [3.05, 3.63) is 41.5 Å². The van der Waals surface area contributed by atoms with E-state index in [2.05, 4.69) is 5.32 Å². The molecule has 1 aliphatic heterocycles. The lowest BCUT2D eigenvalue weighted by molar-refractivity contribution is -0.120. The van der Waals surface area contributed by atoms with E-state index in [4.69, 9.17) is 0 Å². The van der Waals surface area contributed by atoms with E-state index in [1.807, 2.05) is 36.4 Å². The van der Waals surface area contributed by atoms with Gasteiger partial charge in [0, 0.05) is 12.1 Å². The summed E-state index contributed by atoms with van der Waals surface area (Å²) in [5.74, 6) is 0.0545. The predicted molar refractivity (Wildman–Crippen MR) is 47.4 cm³/mol. The average molecular weight is 159 g/mol. The average Bonchev–Trinajstić information content (AvgIpc) is 2.14. The molecule has 2 heteroatoms. The fourth-order valence-electron chi connectivity index (χ4n) is 1.13. The third kappa shape index (κ3) is 1.23. The van der Waals surface area contributed by atoms with Gasteiger partial charge in [-0.05, 0) is 11.6 Å². The molecule has 2 rings (SSSR count). The Morgan fingerprint density at radius 3 is 2.50 bits per heavy atom. The first kappa shape index (κ1) is 7.10. The van der Waals surface area contributed by atoms with E-state index in [1.165, 1.54) is 0 Å². The van der Waals surface area contributed by atoms with Crippen LogP contribution < -0.4 is 5.32 Å². The second-order valence-corrected chi connectivity index (χ2v) is 2.76. The summed E-state index contributed by atoms with van der Waals surface area (Å²) in [6.45, 7) is 0.702. The Morgan fingerprint density at radius 1 is 1.25 bits per heavy atom. The maximum absolute atomic E-state index is 10.9. The highest BCUT2D eigenvalue weighted by atomic mass is 16.2. The number of rotatable bonds is 1. The normalized spacial score (nSPS) is 18.7. The quantitative estimate of drug-likeness (QED) is 0.484. The molecule has 60 valence electrons. The van der Waals surface area contributed by atoms with Gasteiger partial charge in [0.05, 0.1) is 0 Å². The van der Waals surface area contributed by atoms with E-state index in [0.717, 1.165) is 11.1 Å². The molecule has 0 radical (unpaired) electrons. The van der Waals surface area contributed by atoms with Crippen molar-refractivity contribution < 1.29 is 4.79 Å². The van der Waals surface area contributed by atoms with Crippen LogP contribution in [-0.2, 0) is 4.79 Å². The summed E-state index contributed by atoms with van der Waals surface area (Å²) in [6.07, 6.45) is 1.92. The molecule has 0 bridgehead atoms. The molecule has 1 fully saturated rings. The van der Waals surface area contributed by atoms with Crippen molar-refractivity contribution in [1.82, 2.24) is 5.32 Å². The molecule has 0 atom stereocenters. The lowest BCUT2D eigenvalue weighted by atomic mass is 10.1. The Kier molecular flexibility index (Phi) is 1.67. The largest absolute Gasteiger partial charge is 0.348 e. The number of carbonyl (C=O) groups is 1. The van der Waals surface area contributed by atoms with Crippen LogP contribution in [0.3, 0.4) is 0 Å². The molecule has 1 heterocycles. The molecular weight excluding hydrogens is 150 g/mol. The summed E-state index contributed by atoms with van der Waals surface area (Å²) in [7, 11) is 0. The lowest BCUT2D eigenvalue weighted by Crippen LogP contribution is -2.40. The molecule has 1 saturated heterocycles. The summed E-state index contributed by atoms with van der Waals surface area (Å²) in [5.41, 5.74) is 1.95. The summed E-state index contributed by atoms with van der Waals surface area (Å²) < 4.78 is 0. The monoisotopic (exact) mass is 159 g/mol. The van der Waals surface area contributed by atoms with E-state index in [-0.39, 0.29) is 5.91 Å². The number of benzene rings is 1.